The minimum atomic E-state index is -4.29. The highest BCUT2D eigenvalue weighted by atomic mass is 32.2. The van der Waals surface area contributed by atoms with Crippen LogP contribution in [0.3, 0.4) is 0 Å². The number of carbonyl (C=O) groups is 2. The summed E-state index contributed by atoms with van der Waals surface area (Å²) in [5.41, 5.74) is 2.04. The molecule has 3 rings (SSSR count). The molecule has 0 aliphatic carbocycles. The molecule has 0 saturated heterocycles. The van der Waals surface area contributed by atoms with Gasteiger partial charge >= 0.3 is 0 Å². The molecule has 0 fully saturated rings. The summed E-state index contributed by atoms with van der Waals surface area (Å²) in [6.45, 7) is 7.59. The lowest BCUT2D eigenvalue weighted by Gasteiger charge is -2.32. The van der Waals surface area contributed by atoms with Crippen molar-refractivity contribution in [3.05, 3.63) is 77.9 Å². The molecule has 0 spiro atoms. The van der Waals surface area contributed by atoms with Crippen molar-refractivity contribution in [2.75, 3.05) is 38.2 Å². The van der Waals surface area contributed by atoms with Gasteiger partial charge in [-0.2, -0.15) is 0 Å². The highest BCUT2D eigenvalue weighted by Gasteiger charge is 2.33. The monoisotopic (exact) mass is 597 g/mol. The first-order valence-electron chi connectivity index (χ1n) is 13.7. The predicted octanol–water partition coefficient (Wildman–Crippen LogP) is 4.16. The Hall–Kier alpha value is -4.25. The molecule has 0 saturated carbocycles. The van der Waals surface area contributed by atoms with Crippen LogP contribution < -0.4 is 23.8 Å². The van der Waals surface area contributed by atoms with Crippen molar-refractivity contribution in [3.8, 4) is 17.2 Å². The van der Waals surface area contributed by atoms with Gasteiger partial charge in [0.05, 0.1) is 31.4 Å². The smallest absolute Gasteiger partial charge is 0.264 e. The number of aryl methyl sites for hydroxylation is 1. The van der Waals surface area contributed by atoms with E-state index in [1.165, 1.54) is 37.3 Å². The number of likely N-dealkylation sites (N-methyl/N-ethyl adjacent to an activating group) is 1. The zero-order valence-corrected chi connectivity index (χ0v) is 25.7. The number of anilines is 1. The highest BCUT2D eigenvalue weighted by molar-refractivity contribution is 7.92. The summed E-state index contributed by atoms with van der Waals surface area (Å²) < 4.78 is 45.4. The number of rotatable bonds is 14. The number of methoxy groups -OCH3 is 2. The normalized spacial score (nSPS) is 11.8. The van der Waals surface area contributed by atoms with Gasteiger partial charge in [0, 0.05) is 19.2 Å². The summed E-state index contributed by atoms with van der Waals surface area (Å²) in [5.74, 6) is 0.259. The van der Waals surface area contributed by atoms with E-state index in [1.54, 1.807) is 38.1 Å². The number of hydrogen-bond acceptors (Lipinski definition) is 7. The standard InChI is InChI=1S/C31H39N3O7S/c1-7-32-31(36)23(4)33(20-24-12-10-9-11-22(24)3)30(35)21-34(25-13-15-26(16-14-25)41-8-2)42(37,38)27-17-18-28(39-5)29(19-27)40-6/h9-19,23H,7-8,20-21H2,1-6H3,(H,32,36). The van der Waals surface area contributed by atoms with Gasteiger partial charge in [-0.05, 0) is 75.2 Å². The van der Waals surface area contributed by atoms with E-state index in [0.717, 1.165) is 15.4 Å². The van der Waals surface area contributed by atoms with Crippen molar-refractivity contribution in [3.63, 3.8) is 0 Å². The maximum absolute atomic E-state index is 14.1. The minimum Gasteiger partial charge on any atom is -0.494 e. The minimum absolute atomic E-state index is 0.0935. The fourth-order valence-corrected chi connectivity index (χ4v) is 5.81. The van der Waals surface area contributed by atoms with E-state index in [2.05, 4.69) is 5.32 Å². The topological polar surface area (TPSA) is 114 Å². The summed E-state index contributed by atoms with van der Waals surface area (Å²) in [6.07, 6.45) is 0. The quantitative estimate of drug-likeness (QED) is 0.297. The highest BCUT2D eigenvalue weighted by Crippen LogP contribution is 2.33. The molecule has 0 aromatic heterocycles. The summed E-state index contributed by atoms with van der Waals surface area (Å²) in [7, 11) is -1.43. The van der Waals surface area contributed by atoms with Gasteiger partial charge < -0.3 is 24.4 Å². The molecule has 0 bridgehead atoms. The van der Waals surface area contributed by atoms with Crippen LogP contribution in [0, 0.1) is 6.92 Å². The molecular formula is C31H39N3O7S. The summed E-state index contributed by atoms with van der Waals surface area (Å²) in [5, 5.41) is 2.76. The zero-order chi connectivity index (χ0) is 30.9. The number of benzene rings is 3. The van der Waals surface area contributed by atoms with Crippen LogP contribution in [0.1, 0.15) is 31.9 Å². The van der Waals surface area contributed by atoms with E-state index in [4.69, 9.17) is 14.2 Å². The van der Waals surface area contributed by atoms with Crippen LogP contribution in [0.25, 0.3) is 0 Å². The number of carbonyl (C=O) groups excluding carboxylic acids is 2. The Kier molecular flexibility index (Phi) is 11.2. The summed E-state index contributed by atoms with van der Waals surface area (Å²) >= 11 is 0. The van der Waals surface area contributed by atoms with Crippen molar-refractivity contribution in [2.24, 2.45) is 0 Å². The third-order valence-electron chi connectivity index (χ3n) is 6.78. The summed E-state index contributed by atoms with van der Waals surface area (Å²) in [6, 6.07) is 17.4. The second-order valence-electron chi connectivity index (χ2n) is 9.47. The average Bonchev–Trinajstić information content (AvgIpc) is 2.99. The number of hydrogen-bond donors (Lipinski definition) is 1. The lowest BCUT2D eigenvalue weighted by atomic mass is 10.1. The van der Waals surface area contributed by atoms with Gasteiger partial charge in [-0.3, -0.25) is 13.9 Å². The SMILES string of the molecule is CCNC(=O)C(C)N(Cc1ccccc1C)C(=O)CN(c1ccc(OCC)cc1)S(=O)(=O)c1ccc(OC)c(OC)c1. The van der Waals surface area contributed by atoms with Crippen molar-refractivity contribution >= 4 is 27.5 Å². The Bertz CT molecular complexity index is 1480. The molecular weight excluding hydrogens is 558 g/mol. The second kappa shape index (κ2) is 14.6. The fourth-order valence-electron chi connectivity index (χ4n) is 4.38. The van der Waals surface area contributed by atoms with Gasteiger partial charge in [0.15, 0.2) is 11.5 Å². The second-order valence-corrected chi connectivity index (χ2v) is 11.3. The Morgan fingerprint density at radius 2 is 1.60 bits per heavy atom. The Morgan fingerprint density at radius 1 is 0.929 bits per heavy atom. The van der Waals surface area contributed by atoms with E-state index in [1.807, 2.05) is 38.1 Å². The molecule has 11 heteroatoms. The fraction of sp³-hybridized carbons (Fsp3) is 0.355. The molecule has 226 valence electrons. The van der Waals surface area contributed by atoms with Crippen molar-refractivity contribution in [1.29, 1.82) is 0 Å². The third-order valence-corrected chi connectivity index (χ3v) is 8.55. The van der Waals surface area contributed by atoms with Crippen LogP contribution in [0.5, 0.6) is 17.2 Å². The largest absolute Gasteiger partial charge is 0.494 e. The van der Waals surface area contributed by atoms with Gasteiger partial charge in [0.1, 0.15) is 18.3 Å². The van der Waals surface area contributed by atoms with Crippen LogP contribution in [0.4, 0.5) is 5.69 Å². The molecule has 3 aromatic rings. The van der Waals surface area contributed by atoms with Gasteiger partial charge in [-0.1, -0.05) is 24.3 Å². The first kappa shape index (κ1) is 32.3. The Balaban J connectivity index is 2.09. The maximum atomic E-state index is 14.1. The number of amides is 2. The average molecular weight is 598 g/mol. The van der Waals surface area contributed by atoms with Gasteiger partial charge in [-0.25, -0.2) is 8.42 Å². The van der Waals surface area contributed by atoms with Crippen LogP contribution >= 0.6 is 0 Å². The molecule has 0 heterocycles. The molecule has 0 radical (unpaired) electrons. The molecule has 1 N–H and O–H groups in total. The van der Waals surface area contributed by atoms with Crippen molar-refractivity contribution < 1.29 is 32.2 Å². The summed E-state index contributed by atoms with van der Waals surface area (Å²) in [4.78, 5) is 28.2. The third kappa shape index (κ3) is 7.52. The lowest BCUT2D eigenvalue weighted by molar-refractivity contribution is -0.139. The van der Waals surface area contributed by atoms with Crippen LogP contribution in [0.15, 0.2) is 71.6 Å². The van der Waals surface area contributed by atoms with Gasteiger partial charge in [0.25, 0.3) is 10.0 Å². The molecule has 1 unspecified atom stereocenters. The van der Waals surface area contributed by atoms with E-state index in [9.17, 15) is 18.0 Å². The van der Waals surface area contributed by atoms with Gasteiger partial charge in [-0.15, -0.1) is 0 Å². The Labute approximate surface area is 248 Å². The number of ether oxygens (including phenoxy) is 3. The van der Waals surface area contributed by atoms with Crippen LogP contribution in [0.2, 0.25) is 0 Å². The van der Waals surface area contributed by atoms with Crippen LogP contribution in [-0.2, 0) is 26.2 Å². The first-order chi connectivity index (χ1) is 20.1. The molecule has 2 amide bonds. The molecule has 0 aliphatic heterocycles. The number of sulfonamides is 1. The predicted molar refractivity (Wildman–Crippen MR) is 162 cm³/mol. The maximum Gasteiger partial charge on any atom is 0.264 e. The molecule has 42 heavy (non-hydrogen) atoms. The number of nitrogens with zero attached hydrogens (tertiary/aromatic N) is 2. The molecule has 3 aromatic carbocycles. The van der Waals surface area contributed by atoms with E-state index in [0.29, 0.717) is 24.7 Å². The lowest BCUT2D eigenvalue weighted by Crippen LogP contribution is -2.51. The van der Waals surface area contributed by atoms with Crippen LogP contribution in [-0.4, -0.2) is 65.1 Å². The van der Waals surface area contributed by atoms with E-state index < -0.39 is 28.5 Å². The first-order valence-corrected chi connectivity index (χ1v) is 15.1. The Morgan fingerprint density at radius 3 is 2.19 bits per heavy atom. The van der Waals surface area contributed by atoms with Gasteiger partial charge in [0.2, 0.25) is 11.8 Å². The van der Waals surface area contributed by atoms with Crippen molar-refractivity contribution in [1.82, 2.24) is 10.2 Å². The van der Waals surface area contributed by atoms with E-state index in [-0.39, 0.29) is 28.8 Å². The molecule has 1 atom stereocenters. The van der Waals surface area contributed by atoms with E-state index >= 15 is 0 Å². The molecule has 10 nitrogen and oxygen atoms in total. The zero-order valence-electron chi connectivity index (χ0n) is 24.9. The van der Waals surface area contributed by atoms with Crippen molar-refractivity contribution in [2.45, 2.75) is 45.2 Å². The molecule has 0 aliphatic rings. The number of nitrogens with one attached hydrogen (secondary N) is 1.